The minimum atomic E-state index is -0.546. The number of cyclic esters (lactones) is 1. The number of esters is 1. The Morgan fingerprint density at radius 1 is 1.31 bits per heavy atom. The van der Waals surface area contributed by atoms with E-state index in [1.807, 2.05) is 6.92 Å². The van der Waals surface area contributed by atoms with Crippen LogP contribution in [0.15, 0.2) is 45.6 Å². The second kappa shape index (κ2) is 5.88. The van der Waals surface area contributed by atoms with E-state index in [0.29, 0.717) is 23.8 Å². The van der Waals surface area contributed by atoms with E-state index in [1.165, 1.54) is 6.07 Å². The van der Waals surface area contributed by atoms with Gasteiger partial charge in [-0.2, -0.15) is 0 Å². The Kier molecular flexibility index (Phi) is 3.77. The van der Waals surface area contributed by atoms with Crippen LogP contribution >= 0.6 is 0 Å². The Labute approximate surface area is 148 Å². The van der Waals surface area contributed by atoms with Crippen LogP contribution in [-0.4, -0.2) is 35.5 Å². The summed E-state index contributed by atoms with van der Waals surface area (Å²) in [4.78, 5) is 22.7. The van der Waals surface area contributed by atoms with Gasteiger partial charge in [-0.05, 0) is 25.1 Å². The Bertz CT molecular complexity index is 944. The Morgan fingerprint density at radius 3 is 2.81 bits per heavy atom. The summed E-state index contributed by atoms with van der Waals surface area (Å²) < 4.78 is 21.6. The highest BCUT2D eigenvalue weighted by Crippen LogP contribution is 2.43. The lowest BCUT2D eigenvalue weighted by molar-refractivity contribution is -0.139. The molecular formula is C19H18O7. The van der Waals surface area contributed by atoms with Crippen LogP contribution < -0.4 is 10.4 Å². The number of hydrogen-bond donors (Lipinski definition) is 1. The monoisotopic (exact) mass is 358 g/mol. The van der Waals surface area contributed by atoms with Crippen molar-refractivity contribution in [3.8, 4) is 11.5 Å². The molecule has 2 aliphatic rings. The number of ether oxygens (including phenoxy) is 3. The summed E-state index contributed by atoms with van der Waals surface area (Å²) in [5.74, 6) is -0.358. The van der Waals surface area contributed by atoms with Gasteiger partial charge in [0.2, 0.25) is 5.75 Å². The Hall–Kier alpha value is -2.80. The minimum Gasteiger partial charge on any atom is -0.502 e. The van der Waals surface area contributed by atoms with Crippen LogP contribution in [0.1, 0.15) is 19.8 Å². The zero-order valence-electron chi connectivity index (χ0n) is 14.2. The quantitative estimate of drug-likeness (QED) is 0.379. The SMILES string of the molecule is C=C1C[C@@H](C[C@]2(C)O[C@@H]2COc2ccc3ccc(=O)oc3c2O)OC1=O. The molecule has 1 aromatic heterocycles. The fraction of sp³-hybridized carbons (Fsp3) is 0.368. The minimum absolute atomic E-state index is 0.0888. The van der Waals surface area contributed by atoms with Gasteiger partial charge in [0.1, 0.15) is 18.8 Å². The van der Waals surface area contributed by atoms with Crippen LogP contribution in [-0.2, 0) is 14.3 Å². The molecule has 0 bridgehead atoms. The topological polar surface area (TPSA) is 98.5 Å². The normalized spacial score (nSPS) is 27.6. The zero-order chi connectivity index (χ0) is 18.5. The van der Waals surface area contributed by atoms with Crippen molar-refractivity contribution in [2.75, 3.05) is 6.61 Å². The van der Waals surface area contributed by atoms with E-state index < -0.39 is 11.2 Å². The van der Waals surface area contributed by atoms with Crippen LogP contribution in [0.4, 0.5) is 0 Å². The fourth-order valence-corrected chi connectivity index (χ4v) is 3.26. The molecule has 136 valence electrons. The molecule has 3 heterocycles. The molecule has 0 radical (unpaired) electrons. The van der Waals surface area contributed by atoms with E-state index in [9.17, 15) is 14.7 Å². The van der Waals surface area contributed by atoms with Crippen LogP contribution in [0.5, 0.6) is 11.5 Å². The smallest absolute Gasteiger partial charge is 0.336 e. The van der Waals surface area contributed by atoms with Crippen molar-refractivity contribution in [3.63, 3.8) is 0 Å². The van der Waals surface area contributed by atoms with Gasteiger partial charge in [-0.1, -0.05) is 6.58 Å². The van der Waals surface area contributed by atoms with Crippen LogP contribution in [0.25, 0.3) is 11.0 Å². The van der Waals surface area contributed by atoms with E-state index in [1.54, 1.807) is 18.2 Å². The lowest BCUT2D eigenvalue weighted by Gasteiger charge is -2.13. The largest absolute Gasteiger partial charge is 0.502 e. The predicted octanol–water partition coefficient (Wildman–Crippen LogP) is 2.30. The summed E-state index contributed by atoms with van der Waals surface area (Å²) in [5.41, 5.74) is -0.426. The van der Waals surface area contributed by atoms with Crippen LogP contribution in [0.2, 0.25) is 0 Å². The lowest BCUT2D eigenvalue weighted by Crippen LogP contribution is -2.22. The Balaban J connectivity index is 1.40. The highest BCUT2D eigenvalue weighted by atomic mass is 16.6. The van der Waals surface area contributed by atoms with Crippen molar-refractivity contribution in [1.82, 2.24) is 0 Å². The van der Waals surface area contributed by atoms with Crippen molar-refractivity contribution in [2.24, 2.45) is 0 Å². The predicted molar refractivity (Wildman–Crippen MR) is 91.2 cm³/mol. The van der Waals surface area contributed by atoms with E-state index >= 15 is 0 Å². The number of benzene rings is 1. The summed E-state index contributed by atoms with van der Waals surface area (Å²) in [6.45, 7) is 5.81. The van der Waals surface area contributed by atoms with Crippen LogP contribution in [0.3, 0.4) is 0 Å². The van der Waals surface area contributed by atoms with Gasteiger partial charge in [0, 0.05) is 29.9 Å². The number of carbonyl (C=O) groups is 1. The average Bonchev–Trinajstić information content (AvgIpc) is 3.12. The van der Waals surface area contributed by atoms with Crippen molar-refractivity contribution in [1.29, 1.82) is 0 Å². The highest BCUT2D eigenvalue weighted by molar-refractivity contribution is 5.89. The van der Waals surface area contributed by atoms with E-state index in [0.717, 1.165) is 0 Å². The first-order valence-corrected chi connectivity index (χ1v) is 8.31. The maximum absolute atomic E-state index is 11.4. The third-order valence-corrected chi connectivity index (χ3v) is 4.82. The number of hydrogen-bond acceptors (Lipinski definition) is 7. The third-order valence-electron chi connectivity index (χ3n) is 4.82. The first kappa shape index (κ1) is 16.7. The molecule has 1 N–H and O–H groups in total. The number of fused-ring (bicyclic) bond motifs is 1. The molecule has 2 fully saturated rings. The van der Waals surface area contributed by atoms with Gasteiger partial charge in [-0.3, -0.25) is 0 Å². The zero-order valence-corrected chi connectivity index (χ0v) is 14.2. The van der Waals surface area contributed by atoms with Crippen molar-refractivity contribution < 1.29 is 28.5 Å². The standard InChI is InChI=1S/C19H18O7/c1-10-7-12(24-18(10)22)8-19(2)14(26-19)9-23-13-5-3-11-4-6-15(20)25-17(11)16(13)21/h3-6,12,14,21H,1,7-9H2,2H3/t12-,14+,19-/m0/s1. The second-order valence-electron chi connectivity index (χ2n) is 6.85. The number of carbonyl (C=O) groups excluding carboxylic acids is 1. The number of aromatic hydroxyl groups is 1. The summed E-state index contributed by atoms with van der Waals surface area (Å²) in [6, 6.07) is 6.17. The highest BCUT2D eigenvalue weighted by Gasteiger charge is 2.55. The molecule has 3 atom stereocenters. The van der Waals surface area contributed by atoms with E-state index in [-0.39, 0.29) is 41.9 Å². The first-order valence-electron chi connectivity index (χ1n) is 8.31. The van der Waals surface area contributed by atoms with Gasteiger partial charge >= 0.3 is 11.6 Å². The Morgan fingerprint density at radius 2 is 2.08 bits per heavy atom. The van der Waals surface area contributed by atoms with Gasteiger partial charge in [0.05, 0.1) is 5.60 Å². The molecule has 7 nitrogen and oxygen atoms in total. The molecule has 0 amide bonds. The van der Waals surface area contributed by atoms with Gasteiger partial charge in [-0.25, -0.2) is 9.59 Å². The molecule has 0 aliphatic carbocycles. The number of phenols is 1. The third kappa shape index (κ3) is 2.94. The summed E-state index contributed by atoms with van der Waals surface area (Å²) in [5, 5.41) is 10.9. The molecule has 0 unspecified atom stereocenters. The number of epoxide rings is 1. The van der Waals surface area contributed by atoms with E-state index in [4.69, 9.17) is 18.6 Å². The molecule has 1 aromatic carbocycles. The number of rotatable bonds is 5. The van der Waals surface area contributed by atoms with Crippen LogP contribution in [0, 0.1) is 0 Å². The van der Waals surface area contributed by atoms with Crippen molar-refractivity contribution >= 4 is 16.9 Å². The fourth-order valence-electron chi connectivity index (χ4n) is 3.26. The first-order chi connectivity index (χ1) is 12.4. The van der Waals surface area contributed by atoms with Crippen molar-refractivity contribution in [3.05, 3.63) is 46.8 Å². The molecule has 26 heavy (non-hydrogen) atoms. The summed E-state index contributed by atoms with van der Waals surface area (Å²) in [7, 11) is 0. The molecule has 0 saturated carbocycles. The van der Waals surface area contributed by atoms with Crippen molar-refractivity contribution in [2.45, 2.75) is 37.6 Å². The average molecular weight is 358 g/mol. The van der Waals surface area contributed by atoms with Gasteiger partial charge in [-0.15, -0.1) is 0 Å². The maximum Gasteiger partial charge on any atom is 0.336 e. The summed E-state index contributed by atoms with van der Waals surface area (Å²) >= 11 is 0. The van der Waals surface area contributed by atoms with Gasteiger partial charge in [0.15, 0.2) is 11.3 Å². The van der Waals surface area contributed by atoms with Gasteiger partial charge in [0.25, 0.3) is 0 Å². The number of phenolic OH excluding ortho intramolecular Hbond substituents is 1. The molecule has 4 rings (SSSR count). The second-order valence-corrected chi connectivity index (χ2v) is 6.85. The summed E-state index contributed by atoms with van der Waals surface area (Å²) in [6.07, 6.45) is 0.654. The molecule has 7 heteroatoms. The molecule has 0 spiro atoms. The molecular weight excluding hydrogens is 340 g/mol. The van der Waals surface area contributed by atoms with Gasteiger partial charge < -0.3 is 23.7 Å². The molecule has 2 saturated heterocycles. The molecule has 2 aromatic rings. The maximum atomic E-state index is 11.4. The lowest BCUT2D eigenvalue weighted by atomic mass is 9.98. The molecule has 2 aliphatic heterocycles. The van der Waals surface area contributed by atoms with E-state index in [2.05, 4.69) is 6.58 Å².